The second-order valence-corrected chi connectivity index (χ2v) is 5.96. The molecule has 3 aromatic rings. The largest absolute Gasteiger partial charge is 0.369 e. The van der Waals surface area contributed by atoms with Crippen LogP contribution in [0.5, 0.6) is 0 Å². The molecule has 0 radical (unpaired) electrons. The van der Waals surface area contributed by atoms with Crippen molar-refractivity contribution < 1.29 is 9.18 Å². The third-order valence-corrected chi connectivity index (χ3v) is 4.06. The van der Waals surface area contributed by atoms with Crippen LogP contribution in [0.1, 0.15) is 11.3 Å². The molecule has 6 heteroatoms. The van der Waals surface area contributed by atoms with Crippen molar-refractivity contribution in [3.63, 3.8) is 0 Å². The Bertz CT molecular complexity index is 896. The van der Waals surface area contributed by atoms with Crippen molar-refractivity contribution in [1.29, 1.82) is 0 Å². The van der Waals surface area contributed by atoms with Crippen molar-refractivity contribution in [2.45, 2.75) is 13.3 Å². The van der Waals surface area contributed by atoms with E-state index in [0.29, 0.717) is 18.8 Å². The van der Waals surface area contributed by atoms with E-state index >= 15 is 0 Å². The number of fused-ring (bicyclic) bond motifs is 1. The van der Waals surface area contributed by atoms with E-state index in [1.54, 1.807) is 12.1 Å². The van der Waals surface area contributed by atoms with Crippen LogP contribution in [0.25, 0.3) is 11.0 Å². The summed E-state index contributed by atoms with van der Waals surface area (Å²) in [5.74, 6) is -0.523. The summed E-state index contributed by atoms with van der Waals surface area (Å²) in [6.07, 6.45) is 0.433. The molecule has 0 saturated carbocycles. The molecule has 3 rings (SSSR count). The Hall–Kier alpha value is -3.02. The molecule has 0 aliphatic rings. The van der Waals surface area contributed by atoms with Gasteiger partial charge in [-0.25, -0.2) is 14.4 Å². The zero-order chi connectivity index (χ0) is 17.8. The van der Waals surface area contributed by atoms with Crippen LogP contribution in [0.2, 0.25) is 0 Å². The molecule has 1 unspecified atom stereocenters. The molecule has 5 nitrogen and oxygen atoms in total. The molecule has 1 heterocycles. The SMILES string of the molecule is Cc1nc2ccccc2nc1NCC(Cc1ccc(F)cc1)C(N)=O. The molecule has 1 aromatic heterocycles. The number of hydrogen-bond acceptors (Lipinski definition) is 4. The van der Waals surface area contributed by atoms with Crippen molar-refractivity contribution in [3.05, 3.63) is 65.6 Å². The highest BCUT2D eigenvalue weighted by Gasteiger charge is 2.17. The van der Waals surface area contributed by atoms with Gasteiger partial charge >= 0.3 is 0 Å². The molecule has 0 bridgehead atoms. The predicted molar refractivity (Wildman–Crippen MR) is 95.6 cm³/mol. The van der Waals surface area contributed by atoms with E-state index in [2.05, 4.69) is 15.3 Å². The van der Waals surface area contributed by atoms with Crippen LogP contribution in [0.3, 0.4) is 0 Å². The Morgan fingerprint density at radius 2 is 1.76 bits per heavy atom. The monoisotopic (exact) mass is 338 g/mol. The fourth-order valence-electron chi connectivity index (χ4n) is 2.65. The summed E-state index contributed by atoms with van der Waals surface area (Å²) in [7, 11) is 0. The summed E-state index contributed by atoms with van der Waals surface area (Å²) in [6.45, 7) is 2.20. The molecule has 0 aliphatic carbocycles. The number of benzene rings is 2. The number of carbonyl (C=O) groups is 1. The maximum absolute atomic E-state index is 13.0. The van der Waals surface area contributed by atoms with Crippen LogP contribution in [-0.4, -0.2) is 22.4 Å². The molecular formula is C19H19FN4O. The summed E-state index contributed by atoms with van der Waals surface area (Å²) in [4.78, 5) is 20.8. The third kappa shape index (κ3) is 4.09. The quantitative estimate of drug-likeness (QED) is 0.724. The van der Waals surface area contributed by atoms with E-state index in [0.717, 1.165) is 22.3 Å². The van der Waals surface area contributed by atoms with Gasteiger partial charge in [0.15, 0.2) is 0 Å². The number of amides is 1. The predicted octanol–water partition coefficient (Wildman–Crippen LogP) is 2.83. The molecule has 2 aromatic carbocycles. The minimum absolute atomic E-state index is 0.306. The number of aromatic nitrogens is 2. The lowest BCUT2D eigenvalue weighted by atomic mass is 9.98. The lowest BCUT2D eigenvalue weighted by Gasteiger charge is -2.16. The normalized spacial score (nSPS) is 12.1. The van der Waals surface area contributed by atoms with Crippen molar-refractivity contribution in [1.82, 2.24) is 9.97 Å². The van der Waals surface area contributed by atoms with Gasteiger partial charge in [0.2, 0.25) is 5.91 Å². The molecule has 128 valence electrons. The first kappa shape index (κ1) is 16.8. The fourth-order valence-corrected chi connectivity index (χ4v) is 2.65. The number of carbonyl (C=O) groups excluding carboxylic acids is 1. The highest BCUT2D eigenvalue weighted by atomic mass is 19.1. The number of nitrogens with one attached hydrogen (secondary N) is 1. The summed E-state index contributed by atoms with van der Waals surface area (Å²) < 4.78 is 13.0. The summed E-state index contributed by atoms with van der Waals surface area (Å²) in [5, 5.41) is 3.17. The van der Waals surface area contributed by atoms with Crippen LogP contribution in [0, 0.1) is 18.7 Å². The van der Waals surface area contributed by atoms with Crippen molar-refractivity contribution in [3.8, 4) is 0 Å². The van der Waals surface area contributed by atoms with Crippen LogP contribution in [-0.2, 0) is 11.2 Å². The summed E-state index contributed by atoms with van der Waals surface area (Å²) in [5.41, 5.74) is 8.73. The molecule has 3 N–H and O–H groups in total. The average molecular weight is 338 g/mol. The molecule has 1 atom stereocenters. The number of halogens is 1. The first-order chi connectivity index (χ1) is 12.0. The van der Waals surface area contributed by atoms with Crippen molar-refractivity contribution in [2.75, 3.05) is 11.9 Å². The van der Waals surface area contributed by atoms with E-state index in [9.17, 15) is 9.18 Å². The molecule has 0 saturated heterocycles. The Labute approximate surface area is 145 Å². The van der Waals surface area contributed by atoms with Crippen LogP contribution in [0.4, 0.5) is 10.2 Å². The van der Waals surface area contributed by atoms with E-state index in [4.69, 9.17) is 5.73 Å². The van der Waals surface area contributed by atoms with Crippen LogP contribution in [0.15, 0.2) is 48.5 Å². The Kier molecular flexibility index (Phi) is 4.88. The Morgan fingerprint density at radius 3 is 2.40 bits per heavy atom. The molecule has 25 heavy (non-hydrogen) atoms. The van der Waals surface area contributed by atoms with Gasteiger partial charge in [-0.05, 0) is 43.2 Å². The number of rotatable bonds is 6. The van der Waals surface area contributed by atoms with E-state index in [-0.39, 0.29) is 5.82 Å². The maximum atomic E-state index is 13.0. The van der Waals surface area contributed by atoms with Crippen molar-refractivity contribution in [2.24, 2.45) is 11.7 Å². The number of hydrogen-bond donors (Lipinski definition) is 2. The van der Waals surface area contributed by atoms with E-state index in [1.165, 1.54) is 12.1 Å². The second kappa shape index (κ2) is 7.25. The molecule has 0 spiro atoms. The van der Waals surface area contributed by atoms with Gasteiger partial charge in [0.05, 0.1) is 22.6 Å². The van der Waals surface area contributed by atoms with Gasteiger partial charge in [0.1, 0.15) is 11.6 Å². The number of anilines is 1. The van der Waals surface area contributed by atoms with Crippen LogP contribution < -0.4 is 11.1 Å². The zero-order valence-corrected chi connectivity index (χ0v) is 13.9. The summed E-state index contributed by atoms with van der Waals surface area (Å²) >= 11 is 0. The van der Waals surface area contributed by atoms with Gasteiger partial charge in [-0.3, -0.25) is 4.79 Å². The van der Waals surface area contributed by atoms with Gasteiger partial charge < -0.3 is 11.1 Å². The van der Waals surface area contributed by atoms with Crippen molar-refractivity contribution >= 4 is 22.8 Å². The minimum Gasteiger partial charge on any atom is -0.369 e. The van der Waals surface area contributed by atoms with Gasteiger partial charge in [0.25, 0.3) is 0 Å². The standard InChI is InChI=1S/C19H19FN4O/c1-12-19(24-17-5-3-2-4-16(17)23-12)22-11-14(18(21)25)10-13-6-8-15(20)9-7-13/h2-9,14H,10-11H2,1H3,(H2,21,25)(H,22,24). The highest BCUT2D eigenvalue weighted by molar-refractivity contribution is 5.78. The highest BCUT2D eigenvalue weighted by Crippen LogP contribution is 2.17. The summed E-state index contributed by atoms with van der Waals surface area (Å²) in [6, 6.07) is 13.7. The maximum Gasteiger partial charge on any atom is 0.222 e. The topological polar surface area (TPSA) is 80.9 Å². The Balaban J connectivity index is 1.74. The molecule has 0 fully saturated rings. The lowest BCUT2D eigenvalue weighted by molar-refractivity contribution is -0.121. The zero-order valence-electron chi connectivity index (χ0n) is 13.9. The number of aryl methyl sites for hydroxylation is 1. The second-order valence-electron chi connectivity index (χ2n) is 5.96. The molecular weight excluding hydrogens is 319 g/mol. The average Bonchev–Trinajstić information content (AvgIpc) is 2.60. The van der Waals surface area contributed by atoms with Crippen LogP contribution >= 0.6 is 0 Å². The molecule has 1 amide bonds. The smallest absolute Gasteiger partial charge is 0.222 e. The number of nitrogens with two attached hydrogens (primary N) is 1. The van der Waals surface area contributed by atoms with Gasteiger partial charge in [-0.2, -0.15) is 0 Å². The van der Waals surface area contributed by atoms with Gasteiger partial charge in [-0.1, -0.05) is 24.3 Å². The third-order valence-electron chi connectivity index (χ3n) is 4.06. The first-order valence-electron chi connectivity index (χ1n) is 8.04. The number of primary amides is 1. The lowest BCUT2D eigenvalue weighted by Crippen LogP contribution is -2.31. The van der Waals surface area contributed by atoms with Gasteiger partial charge in [-0.15, -0.1) is 0 Å². The van der Waals surface area contributed by atoms with E-state index < -0.39 is 11.8 Å². The number of para-hydroxylation sites is 2. The van der Waals surface area contributed by atoms with E-state index in [1.807, 2.05) is 31.2 Å². The fraction of sp³-hybridized carbons (Fsp3) is 0.211. The Morgan fingerprint density at radius 1 is 1.12 bits per heavy atom. The molecule has 0 aliphatic heterocycles. The van der Waals surface area contributed by atoms with Gasteiger partial charge in [0, 0.05) is 6.54 Å². The minimum atomic E-state index is -0.432. The first-order valence-corrected chi connectivity index (χ1v) is 8.04. The number of nitrogens with zero attached hydrogens (tertiary/aromatic N) is 2.